The minimum atomic E-state index is -0.820. The minimum Gasteiger partial charge on any atom is -0.389 e. The highest BCUT2D eigenvalue weighted by molar-refractivity contribution is 6.37. The molecular weight excluding hydrogens is 261 g/mol. The van der Waals surface area contributed by atoms with Crippen molar-refractivity contribution in [1.29, 1.82) is 0 Å². The van der Waals surface area contributed by atoms with Crippen LogP contribution < -0.4 is 10.2 Å². The van der Waals surface area contributed by atoms with Crippen molar-refractivity contribution in [3.63, 3.8) is 0 Å². The standard InChI is InChI=1S/C11H17Cl2N3O/c1-11(2,17)6-16(4)10-8(13)5-7(12)9(14-3)15-10/h5,17H,6H2,1-4H3,(H,14,15). The predicted molar refractivity (Wildman–Crippen MR) is 73.4 cm³/mol. The zero-order valence-corrected chi connectivity index (χ0v) is 11.9. The molecule has 0 saturated carbocycles. The maximum absolute atomic E-state index is 9.77. The summed E-state index contributed by atoms with van der Waals surface area (Å²) in [5, 5.41) is 13.6. The van der Waals surface area contributed by atoms with E-state index in [1.54, 1.807) is 31.9 Å². The summed E-state index contributed by atoms with van der Waals surface area (Å²) in [7, 11) is 3.56. The molecule has 4 nitrogen and oxygen atoms in total. The number of nitrogens with one attached hydrogen (secondary N) is 1. The van der Waals surface area contributed by atoms with Gasteiger partial charge in [-0.25, -0.2) is 4.98 Å². The molecule has 6 heteroatoms. The van der Waals surface area contributed by atoms with Crippen LogP contribution in [0.3, 0.4) is 0 Å². The van der Waals surface area contributed by atoms with Crippen molar-refractivity contribution in [2.45, 2.75) is 19.4 Å². The van der Waals surface area contributed by atoms with Gasteiger partial charge in [-0.3, -0.25) is 0 Å². The van der Waals surface area contributed by atoms with Crippen LogP contribution in [0.1, 0.15) is 13.8 Å². The van der Waals surface area contributed by atoms with Crippen LogP contribution in [0.15, 0.2) is 6.07 Å². The molecule has 0 atom stereocenters. The Hall–Kier alpha value is -0.710. The number of pyridine rings is 1. The van der Waals surface area contributed by atoms with E-state index in [9.17, 15) is 5.11 Å². The van der Waals surface area contributed by atoms with Crippen LogP contribution in [0.2, 0.25) is 10.0 Å². The average molecular weight is 278 g/mol. The summed E-state index contributed by atoms with van der Waals surface area (Å²) in [6.07, 6.45) is 0. The molecule has 0 radical (unpaired) electrons. The number of aromatic nitrogens is 1. The van der Waals surface area contributed by atoms with Crippen molar-refractivity contribution >= 4 is 34.8 Å². The molecule has 0 unspecified atom stereocenters. The molecule has 0 spiro atoms. The van der Waals surface area contributed by atoms with E-state index < -0.39 is 5.60 Å². The third-order valence-electron chi connectivity index (χ3n) is 2.13. The van der Waals surface area contributed by atoms with Crippen LogP contribution >= 0.6 is 23.2 Å². The quantitative estimate of drug-likeness (QED) is 0.889. The summed E-state index contributed by atoms with van der Waals surface area (Å²) in [4.78, 5) is 6.11. The molecule has 1 aromatic rings. The third-order valence-corrected chi connectivity index (χ3v) is 2.70. The second-order valence-electron chi connectivity index (χ2n) is 4.54. The number of likely N-dealkylation sites (N-methyl/N-ethyl adjacent to an activating group) is 1. The van der Waals surface area contributed by atoms with Crippen molar-refractivity contribution in [2.24, 2.45) is 0 Å². The fraction of sp³-hybridized carbons (Fsp3) is 0.545. The summed E-state index contributed by atoms with van der Waals surface area (Å²) in [5.74, 6) is 1.15. The Bertz CT molecular complexity index is 404. The number of halogens is 2. The van der Waals surface area contributed by atoms with Crippen LogP contribution in [-0.2, 0) is 0 Å². The number of rotatable bonds is 4. The fourth-order valence-electron chi connectivity index (χ4n) is 1.56. The van der Waals surface area contributed by atoms with E-state index in [1.165, 1.54) is 0 Å². The molecule has 0 aliphatic heterocycles. The summed E-state index contributed by atoms with van der Waals surface area (Å²) >= 11 is 12.0. The second kappa shape index (κ2) is 5.29. The first-order valence-corrected chi connectivity index (χ1v) is 5.97. The van der Waals surface area contributed by atoms with E-state index >= 15 is 0 Å². The van der Waals surface area contributed by atoms with Gasteiger partial charge in [-0.2, -0.15) is 0 Å². The largest absolute Gasteiger partial charge is 0.389 e. The molecule has 0 amide bonds. The Morgan fingerprint density at radius 1 is 1.41 bits per heavy atom. The smallest absolute Gasteiger partial charge is 0.149 e. The molecule has 17 heavy (non-hydrogen) atoms. The van der Waals surface area contributed by atoms with E-state index in [4.69, 9.17) is 23.2 Å². The first kappa shape index (κ1) is 14.4. The van der Waals surface area contributed by atoms with Crippen molar-refractivity contribution in [3.8, 4) is 0 Å². The van der Waals surface area contributed by atoms with E-state index in [0.29, 0.717) is 28.2 Å². The van der Waals surface area contributed by atoms with Crippen molar-refractivity contribution in [3.05, 3.63) is 16.1 Å². The molecule has 2 N–H and O–H groups in total. The SMILES string of the molecule is CNc1nc(N(C)CC(C)(C)O)c(Cl)cc1Cl. The van der Waals surface area contributed by atoms with Gasteiger partial charge in [-0.15, -0.1) is 0 Å². The summed E-state index contributed by atoms with van der Waals surface area (Å²) < 4.78 is 0. The van der Waals surface area contributed by atoms with E-state index in [1.807, 2.05) is 7.05 Å². The summed E-state index contributed by atoms with van der Waals surface area (Å²) in [5.41, 5.74) is -0.820. The van der Waals surface area contributed by atoms with E-state index in [0.717, 1.165) is 0 Å². The Kier molecular flexibility index (Phi) is 4.47. The molecule has 0 saturated heterocycles. The van der Waals surface area contributed by atoms with Gasteiger partial charge >= 0.3 is 0 Å². The molecule has 1 heterocycles. The van der Waals surface area contributed by atoms with Crippen molar-refractivity contribution in [1.82, 2.24) is 4.98 Å². The Morgan fingerprint density at radius 3 is 2.47 bits per heavy atom. The first-order chi connectivity index (χ1) is 7.74. The average Bonchev–Trinajstić information content (AvgIpc) is 2.14. The number of aliphatic hydroxyl groups is 1. The lowest BCUT2D eigenvalue weighted by Gasteiger charge is -2.27. The lowest BCUT2D eigenvalue weighted by Crippen LogP contribution is -2.36. The van der Waals surface area contributed by atoms with Crippen LogP contribution in [0.25, 0.3) is 0 Å². The number of hydrogen-bond donors (Lipinski definition) is 2. The maximum atomic E-state index is 9.77. The Labute approximate surface area is 112 Å². The Balaban J connectivity index is 3.05. The number of nitrogens with zero attached hydrogens (tertiary/aromatic N) is 2. The van der Waals surface area contributed by atoms with Gasteiger partial charge in [-0.05, 0) is 19.9 Å². The molecular formula is C11H17Cl2N3O. The topological polar surface area (TPSA) is 48.4 Å². The fourth-order valence-corrected chi connectivity index (χ4v) is 2.15. The lowest BCUT2D eigenvalue weighted by molar-refractivity contribution is 0.0885. The highest BCUT2D eigenvalue weighted by Gasteiger charge is 2.19. The highest BCUT2D eigenvalue weighted by Crippen LogP contribution is 2.31. The molecule has 0 fully saturated rings. The lowest BCUT2D eigenvalue weighted by atomic mass is 10.1. The van der Waals surface area contributed by atoms with E-state index in [2.05, 4.69) is 10.3 Å². The zero-order valence-electron chi connectivity index (χ0n) is 10.4. The molecule has 0 aliphatic rings. The van der Waals surface area contributed by atoms with Gasteiger partial charge in [0, 0.05) is 20.6 Å². The second-order valence-corrected chi connectivity index (χ2v) is 5.36. The molecule has 1 rings (SSSR count). The molecule has 0 bridgehead atoms. The normalized spacial score (nSPS) is 11.5. The summed E-state index contributed by atoms with van der Waals surface area (Å²) in [6.45, 7) is 3.88. The maximum Gasteiger partial charge on any atom is 0.149 e. The van der Waals surface area contributed by atoms with Crippen LogP contribution in [0.4, 0.5) is 11.6 Å². The molecule has 0 aromatic carbocycles. The molecule has 96 valence electrons. The minimum absolute atomic E-state index is 0.421. The van der Waals surface area contributed by atoms with Gasteiger partial charge in [0.05, 0.1) is 15.6 Å². The number of hydrogen-bond acceptors (Lipinski definition) is 4. The van der Waals surface area contributed by atoms with E-state index in [-0.39, 0.29) is 0 Å². The van der Waals surface area contributed by atoms with Gasteiger partial charge in [0.25, 0.3) is 0 Å². The van der Waals surface area contributed by atoms with Gasteiger partial charge < -0.3 is 15.3 Å². The molecule has 0 aliphatic carbocycles. The number of anilines is 2. The highest BCUT2D eigenvalue weighted by atomic mass is 35.5. The monoisotopic (exact) mass is 277 g/mol. The zero-order chi connectivity index (χ0) is 13.2. The van der Waals surface area contributed by atoms with Gasteiger partial charge in [0.1, 0.15) is 11.6 Å². The van der Waals surface area contributed by atoms with Crippen LogP contribution in [0, 0.1) is 0 Å². The summed E-state index contributed by atoms with van der Waals surface area (Å²) in [6, 6.07) is 1.64. The van der Waals surface area contributed by atoms with Gasteiger partial charge in [0.2, 0.25) is 0 Å². The van der Waals surface area contributed by atoms with Crippen LogP contribution in [-0.4, -0.2) is 36.3 Å². The predicted octanol–water partition coefficient (Wildman–Crippen LogP) is 2.64. The first-order valence-electron chi connectivity index (χ1n) is 5.22. The van der Waals surface area contributed by atoms with Gasteiger partial charge in [0.15, 0.2) is 0 Å². The molecule has 1 aromatic heterocycles. The van der Waals surface area contributed by atoms with Crippen molar-refractivity contribution in [2.75, 3.05) is 30.9 Å². The Morgan fingerprint density at radius 2 is 2.00 bits per heavy atom. The third kappa shape index (κ3) is 3.91. The van der Waals surface area contributed by atoms with Crippen molar-refractivity contribution < 1.29 is 5.11 Å². The van der Waals surface area contributed by atoms with Crippen LogP contribution in [0.5, 0.6) is 0 Å². The van der Waals surface area contributed by atoms with Gasteiger partial charge in [-0.1, -0.05) is 23.2 Å².